The highest BCUT2D eigenvalue weighted by Crippen LogP contribution is 2.48. The summed E-state index contributed by atoms with van der Waals surface area (Å²) in [6, 6.07) is 25.0. The summed E-state index contributed by atoms with van der Waals surface area (Å²) in [6.45, 7) is 1.81. The van der Waals surface area contributed by atoms with Crippen LogP contribution < -0.4 is 5.32 Å². The van der Waals surface area contributed by atoms with E-state index in [1.54, 1.807) is 6.92 Å². The standard InChI is InChI=1S/C28H23ClN2O4S/c1-17(18-5-3-2-4-6-18)35-27(34)30-23-24(36-31-25(23)29)21-9-7-19(8-10-21)20-11-13-22(14-12-20)28(15-16-28)26(32)33/h2-14,17H,15-16H2,1H3,(H,30,34)(H,32,33)/t17-/m1/s1. The molecule has 1 atom stereocenters. The lowest BCUT2D eigenvalue weighted by atomic mass is 9.93. The molecule has 0 unspecified atom stereocenters. The van der Waals surface area contributed by atoms with Crippen molar-refractivity contribution in [3.63, 3.8) is 0 Å². The highest BCUT2D eigenvalue weighted by molar-refractivity contribution is 7.10. The smallest absolute Gasteiger partial charge is 0.412 e. The zero-order chi connectivity index (χ0) is 25.3. The molecule has 1 fully saturated rings. The third-order valence-electron chi connectivity index (χ3n) is 6.51. The van der Waals surface area contributed by atoms with Gasteiger partial charge in [0, 0.05) is 0 Å². The molecule has 5 rings (SSSR count). The van der Waals surface area contributed by atoms with Gasteiger partial charge < -0.3 is 9.84 Å². The number of carbonyl (C=O) groups excluding carboxylic acids is 1. The highest BCUT2D eigenvalue weighted by Gasteiger charge is 2.51. The van der Waals surface area contributed by atoms with E-state index >= 15 is 0 Å². The van der Waals surface area contributed by atoms with Gasteiger partial charge in [-0.1, -0.05) is 90.5 Å². The molecule has 6 nitrogen and oxygen atoms in total. The fourth-order valence-corrected chi connectivity index (χ4v) is 5.25. The van der Waals surface area contributed by atoms with Crippen molar-refractivity contribution in [3.8, 4) is 21.6 Å². The van der Waals surface area contributed by atoms with Crippen LogP contribution in [0.2, 0.25) is 5.15 Å². The largest absolute Gasteiger partial charge is 0.481 e. The summed E-state index contributed by atoms with van der Waals surface area (Å²) >= 11 is 7.48. The summed E-state index contributed by atoms with van der Waals surface area (Å²) in [7, 11) is 0. The van der Waals surface area contributed by atoms with E-state index in [0.29, 0.717) is 18.5 Å². The molecule has 0 bridgehead atoms. The molecule has 1 heterocycles. The first-order valence-corrected chi connectivity index (χ1v) is 12.6. The van der Waals surface area contributed by atoms with E-state index in [-0.39, 0.29) is 5.15 Å². The van der Waals surface area contributed by atoms with Crippen LogP contribution in [0.5, 0.6) is 0 Å². The normalized spacial score (nSPS) is 14.6. The Balaban J connectivity index is 1.30. The lowest BCUT2D eigenvalue weighted by molar-refractivity contribution is -0.140. The van der Waals surface area contributed by atoms with Gasteiger partial charge in [0.2, 0.25) is 0 Å². The van der Waals surface area contributed by atoms with Crippen molar-refractivity contribution in [2.45, 2.75) is 31.3 Å². The molecular formula is C28H23ClN2O4S. The number of hydrogen-bond donors (Lipinski definition) is 2. The zero-order valence-electron chi connectivity index (χ0n) is 19.4. The second kappa shape index (κ2) is 9.76. The van der Waals surface area contributed by atoms with Gasteiger partial charge in [0.05, 0.1) is 10.3 Å². The van der Waals surface area contributed by atoms with E-state index in [9.17, 15) is 14.7 Å². The number of benzene rings is 3. The van der Waals surface area contributed by atoms with Crippen LogP contribution in [0, 0.1) is 0 Å². The minimum Gasteiger partial charge on any atom is -0.481 e. The van der Waals surface area contributed by atoms with Crippen molar-refractivity contribution in [2.75, 3.05) is 5.32 Å². The average molecular weight is 519 g/mol. The summed E-state index contributed by atoms with van der Waals surface area (Å²) < 4.78 is 9.72. The molecule has 1 aromatic heterocycles. The number of halogens is 1. The molecule has 0 saturated heterocycles. The molecule has 0 spiro atoms. The van der Waals surface area contributed by atoms with E-state index in [4.69, 9.17) is 16.3 Å². The number of rotatable bonds is 7. The van der Waals surface area contributed by atoms with E-state index < -0.39 is 23.6 Å². The Morgan fingerprint density at radius 3 is 2.14 bits per heavy atom. The summed E-state index contributed by atoms with van der Waals surface area (Å²) in [5.41, 5.74) is 4.27. The van der Waals surface area contributed by atoms with Gasteiger partial charge in [-0.25, -0.2) is 4.79 Å². The zero-order valence-corrected chi connectivity index (χ0v) is 21.0. The van der Waals surface area contributed by atoms with Gasteiger partial charge in [-0.05, 0) is 59.1 Å². The van der Waals surface area contributed by atoms with Gasteiger partial charge >= 0.3 is 12.1 Å². The van der Waals surface area contributed by atoms with Gasteiger partial charge in [-0.2, -0.15) is 4.37 Å². The number of carboxylic acid groups (broad SMARTS) is 1. The molecule has 4 aromatic rings. The Morgan fingerprint density at radius 1 is 0.972 bits per heavy atom. The predicted molar refractivity (Wildman–Crippen MR) is 142 cm³/mol. The third kappa shape index (κ3) is 4.72. The van der Waals surface area contributed by atoms with Gasteiger partial charge in [-0.3, -0.25) is 10.1 Å². The maximum atomic E-state index is 12.6. The number of aromatic nitrogens is 1. The summed E-state index contributed by atoms with van der Waals surface area (Å²) in [5, 5.41) is 12.5. The Bertz CT molecular complexity index is 1400. The molecule has 3 aromatic carbocycles. The van der Waals surface area contributed by atoms with Crippen LogP contribution in [0.1, 0.15) is 37.0 Å². The minimum atomic E-state index is -0.759. The molecule has 8 heteroatoms. The maximum absolute atomic E-state index is 12.6. The van der Waals surface area contributed by atoms with Crippen LogP contribution in [0.3, 0.4) is 0 Å². The van der Waals surface area contributed by atoms with Crippen molar-refractivity contribution in [3.05, 3.63) is 95.1 Å². The van der Waals surface area contributed by atoms with E-state index in [1.165, 1.54) is 11.5 Å². The fraction of sp³-hybridized carbons (Fsp3) is 0.179. The second-order valence-electron chi connectivity index (χ2n) is 8.80. The average Bonchev–Trinajstić information content (AvgIpc) is 3.64. The van der Waals surface area contributed by atoms with Gasteiger partial charge in [0.1, 0.15) is 11.8 Å². The number of nitrogens with one attached hydrogen (secondary N) is 1. The predicted octanol–water partition coefficient (Wildman–Crippen LogP) is 7.56. The van der Waals surface area contributed by atoms with Gasteiger partial charge in [0.25, 0.3) is 0 Å². The monoisotopic (exact) mass is 518 g/mol. The number of anilines is 1. The number of amides is 1. The quantitative estimate of drug-likeness (QED) is 0.263. The van der Waals surface area contributed by atoms with Gasteiger partial charge in [0.15, 0.2) is 5.15 Å². The molecule has 1 saturated carbocycles. The fourth-order valence-electron chi connectivity index (χ4n) is 4.21. The molecule has 2 N–H and O–H groups in total. The SMILES string of the molecule is C[C@@H](OC(=O)Nc1c(Cl)nsc1-c1ccc(-c2ccc(C3(C(=O)O)CC3)cc2)cc1)c1ccccc1. The minimum absolute atomic E-state index is 0.200. The van der Waals surface area contributed by atoms with Crippen LogP contribution in [-0.2, 0) is 14.9 Å². The molecule has 0 radical (unpaired) electrons. The maximum Gasteiger partial charge on any atom is 0.412 e. The van der Waals surface area contributed by atoms with Crippen LogP contribution >= 0.6 is 23.1 Å². The number of hydrogen-bond acceptors (Lipinski definition) is 5. The van der Waals surface area contributed by atoms with Crippen LogP contribution in [-0.4, -0.2) is 21.5 Å². The van der Waals surface area contributed by atoms with Crippen molar-refractivity contribution < 1.29 is 19.4 Å². The lowest BCUT2D eigenvalue weighted by Crippen LogP contribution is -2.19. The van der Waals surface area contributed by atoms with Crippen LogP contribution in [0.4, 0.5) is 10.5 Å². The number of ether oxygens (including phenoxy) is 1. The molecule has 36 heavy (non-hydrogen) atoms. The van der Waals surface area contributed by atoms with Crippen molar-refractivity contribution in [1.29, 1.82) is 0 Å². The molecule has 1 amide bonds. The van der Waals surface area contributed by atoms with Crippen LogP contribution in [0.25, 0.3) is 21.6 Å². The number of nitrogens with zero attached hydrogens (tertiary/aromatic N) is 1. The second-order valence-corrected chi connectivity index (χ2v) is 9.93. The first-order valence-electron chi connectivity index (χ1n) is 11.5. The summed E-state index contributed by atoms with van der Waals surface area (Å²) in [4.78, 5) is 24.9. The van der Waals surface area contributed by atoms with Crippen molar-refractivity contribution in [1.82, 2.24) is 4.37 Å². The van der Waals surface area contributed by atoms with E-state index in [2.05, 4.69) is 9.69 Å². The van der Waals surface area contributed by atoms with Gasteiger partial charge in [-0.15, -0.1) is 0 Å². The Morgan fingerprint density at radius 2 is 1.56 bits per heavy atom. The number of carbonyl (C=O) groups is 2. The highest BCUT2D eigenvalue weighted by atomic mass is 35.5. The number of carboxylic acids is 1. The van der Waals surface area contributed by atoms with Crippen molar-refractivity contribution >= 4 is 40.9 Å². The Kier molecular flexibility index (Phi) is 6.51. The molecular weight excluding hydrogens is 496 g/mol. The molecule has 182 valence electrons. The molecule has 1 aliphatic carbocycles. The van der Waals surface area contributed by atoms with Crippen LogP contribution in [0.15, 0.2) is 78.9 Å². The topological polar surface area (TPSA) is 88.5 Å². The third-order valence-corrected chi connectivity index (χ3v) is 7.78. The Labute approximate surface area is 217 Å². The van der Waals surface area contributed by atoms with Crippen molar-refractivity contribution in [2.24, 2.45) is 0 Å². The van der Waals surface area contributed by atoms with E-state index in [1.807, 2.05) is 78.9 Å². The number of aliphatic carboxylic acids is 1. The van der Waals surface area contributed by atoms with E-state index in [0.717, 1.165) is 32.7 Å². The lowest BCUT2D eigenvalue weighted by Gasteiger charge is -2.14. The summed E-state index contributed by atoms with van der Waals surface area (Å²) in [6.07, 6.45) is 0.336. The first kappa shape index (κ1) is 24.0. The molecule has 1 aliphatic rings. The Hall–Kier alpha value is -3.68. The summed E-state index contributed by atoms with van der Waals surface area (Å²) in [5.74, 6) is -0.759. The first-order chi connectivity index (χ1) is 17.4. The molecule has 0 aliphatic heterocycles.